The van der Waals surface area contributed by atoms with E-state index in [1.54, 1.807) is 0 Å². The lowest BCUT2D eigenvalue weighted by Gasteiger charge is -2.15. The molecule has 0 bridgehead atoms. The molecule has 0 spiro atoms. The van der Waals surface area contributed by atoms with Crippen molar-refractivity contribution in [2.75, 3.05) is 0 Å². The topological polar surface area (TPSA) is 0 Å². The van der Waals surface area contributed by atoms with E-state index < -0.39 is 0 Å². The molecule has 0 atom stereocenters. The Kier molecular flexibility index (Phi) is 2.14. The van der Waals surface area contributed by atoms with Crippen LogP contribution in [-0.4, -0.2) is 0 Å². The van der Waals surface area contributed by atoms with E-state index in [1.165, 1.54) is 31.2 Å². The van der Waals surface area contributed by atoms with E-state index in [4.69, 9.17) is 0 Å². The fourth-order valence-corrected chi connectivity index (χ4v) is 2.54. The van der Waals surface area contributed by atoms with E-state index >= 15 is 0 Å². The highest BCUT2D eigenvalue weighted by Crippen LogP contribution is 2.39. The van der Waals surface area contributed by atoms with Crippen LogP contribution >= 0.6 is 0 Å². The summed E-state index contributed by atoms with van der Waals surface area (Å²) in [6, 6.07) is 10.8. The predicted molar refractivity (Wildman–Crippen MR) is 56.7 cm³/mol. The van der Waals surface area contributed by atoms with Gasteiger partial charge in [0, 0.05) is 18.4 Å². The molecule has 1 aromatic carbocycles. The zero-order chi connectivity index (χ0) is 8.44. The first kappa shape index (κ1) is 8.18. The van der Waals surface area contributed by atoms with Crippen molar-refractivity contribution in [1.82, 2.24) is 0 Å². The zero-order valence-corrected chi connectivity index (χ0v) is 8.22. The number of hydrogen-bond donors (Lipinski definition) is 0. The van der Waals surface area contributed by atoms with Crippen LogP contribution in [0.2, 0.25) is 0 Å². The Labute approximate surface area is 79.4 Å². The molecule has 1 aromatic rings. The molecule has 0 nitrogen and oxygen atoms in total. The molecule has 0 amide bonds. The van der Waals surface area contributed by atoms with Gasteiger partial charge >= 0.3 is 0 Å². The molecule has 64 valence electrons. The summed E-state index contributed by atoms with van der Waals surface area (Å²) in [5, 5.41) is 0. The smallest absolute Gasteiger partial charge is 0.0622 e. The molecule has 1 aliphatic carbocycles. The average molecular weight is 179 g/mol. The Morgan fingerprint density at radius 1 is 1.00 bits per heavy atom. The van der Waals surface area contributed by atoms with Gasteiger partial charge in [0.15, 0.2) is 0 Å². The maximum atomic E-state index is 3.91. The van der Waals surface area contributed by atoms with Crippen molar-refractivity contribution in [3.8, 4) is 0 Å². The lowest BCUT2D eigenvalue weighted by Crippen LogP contribution is -2.17. The first-order valence-electron chi connectivity index (χ1n) is 4.62. The van der Waals surface area contributed by atoms with Crippen molar-refractivity contribution in [3.05, 3.63) is 35.9 Å². The molecule has 1 heteroatoms. The van der Waals surface area contributed by atoms with Crippen molar-refractivity contribution in [1.29, 1.82) is 0 Å². The van der Waals surface area contributed by atoms with Crippen molar-refractivity contribution in [2.45, 2.75) is 30.4 Å². The molecule has 0 radical (unpaired) electrons. The maximum Gasteiger partial charge on any atom is 0.148 e. The summed E-state index contributed by atoms with van der Waals surface area (Å²) in [6.07, 6.45) is 5.29. The van der Waals surface area contributed by atoms with Gasteiger partial charge in [-0.15, -0.1) is 0 Å². The third-order valence-corrected chi connectivity index (χ3v) is 3.57. The molecule has 0 aromatic heterocycles. The highest BCUT2D eigenvalue weighted by atomic mass is 32.1. The fourth-order valence-electron chi connectivity index (χ4n) is 2.02. The van der Waals surface area contributed by atoms with Gasteiger partial charge in [-0.3, -0.25) is 0 Å². The second kappa shape index (κ2) is 3.14. The van der Waals surface area contributed by atoms with Crippen LogP contribution in [-0.2, 0) is 17.4 Å². The van der Waals surface area contributed by atoms with Gasteiger partial charge in [0.1, 0.15) is 4.75 Å². The first-order chi connectivity index (χ1) is 5.81. The van der Waals surface area contributed by atoms with Gasteiger partial charge in [0.25, 0.3) is 0 Å². The number of benzene rings is 1. The van der Waals surface area contributed by atoms with Crippen molar-refractivity contribution in [3.63, 3.8) is 0 Å². The van der Waals surface area contributed by atoms with Crippen LogP contribution < -0.4 is 0 Å². The van der Waals surface area contributed by atoms with Gasteiger partial charge in [-0.05, 0) is 25.5 Å². The summed E-state index contributed by atoms with van der Waals surface area (Å²) in [5.41, 5.74) is 1.44. The molecule has 0 unspecified atom stereocenters. The second-order valence-corrected chi connectivity index (χ2v) is 4.61. The maximum absolute atomic E-state index is 3.91. The summed E-state index contributed by atoms with van der Waals surface area (Å²) in [5.74, 6) is 0. The highest BCUT2D eigenvalue weighted by molar-refractivity contribution is 7.60. The summed E-state index contributed by atoms with van der Waals surface area (Å²) < 4.78 is 0.293. The van der Waals surface area contributed by atoms with E-state index in [2.05, 4.69) is 43.0 Å². The van der Waals surface area contributed by atoms with Crippen LogP contribution in [0, 0.1) is 0 Å². The molecule has 1 aliphatic rings. The lowest BCUT2D eigenvalue weighted by atomic mass is 9.97. The van der Waals surface area contributed by atoms with Crippen LogP contribution in [0.25, 0.3) is 0 Å². The molecular weight excluding hydrogens is 164 g/mol. The third kappa shape index (κ3) is 1.38. The summed E-state index contributed by atoms with van der Waals surface area (Å²) >= 11 is 3.91. The number of hydrogen-bond acceptors (Lipinski definition) is 0. The monoisotopic (exact) mass is 179 g/mol. The quantitative estimate of drug-likeness (QED) is 0.581. The zero-order valence-electron chi connectivity index (χ0n) is 7.22. The van der Waals surface area contributed by atoms with Crippen LogP contribution in [0.4, 0.5) is 0 Å². The Morgan fingerprint density at radius 2 is 1.58 bits per heavy atom. The molecule has 0 heterocycles. The summed E-state index contributed by atoms with van der Waals surface area (Å²) in [7, 11) is 0. The number of rotatable bonds is 1. The first-order valence-corrected chi connectivity index (χ1v) is 5.12. The minimum atomic E-state index is 0.293. The molecular formula is C11H15S+. The minimum absolute atomic E-state index is 0.293. The van der Waals surface area contributed by atoms with Gasteiger partial charge in [-0.2, -0.15) is 0 Å². The molecule has 0 saturated heterocycles. The van der Waals surface area contributed by atoms with Crippen LogP contribution in [0.1, 0.15) is 31.2 Å². The van der Waals surface area contributed by atoms with Crippen molar-refractivity contribution in [2.24, 2.45) is 0 Å². The summed E-state index contributed by atoms with van der Waals surface area (Å²) in [6.45, 7) is 0. The lowest BCUT2D eigenvalue weighted by molar-refractivity contribution is 0.656. The second-order valence-electron chi connectivity index (χ2n) is 3.66. The third-order valence-electron chi connectivity index (χ3n) is 2.78. The Hall–Kier alpha value is -0.430. The van der Waals surface area contributed by atoms with E-state index in [1.807, 2.05) is 0 Å². The standard InChI is InChI=1S/C11H14S/c12-11(8-4-5-9-11)10-6-2-1-3-7-10/h1-3,6-7,12H,4-5,8-9H2/p+1. The Morgan fingerprint density at radius 3 is 2.17 bits per heavy atom. The van der Waals surface area contributed by atoms with Crippen molar-refractivity contribution >= 4 is 12.6 Å². The highest BCUT2D eigenvalue weighted by Gasteiger charge is 2.37. The minimum Gasteiger partial charge on any atom is -0.0622 e. The SMILES string of the molecule is [SH2+]C1(c2ccccc2)CCCC1. The molecule has 1 saturated carbocycles. The van der Waals surface area contributed by atoms with Crippen LogP contribution in [0.15, 0.2) is 30.3 Å². The normalized spacial score (nSPS) is 21.1. The fraction of sp³-hybridized carbons (Fsp3) is 0.455. The van der Waals surface area contributed by atoms with E-state index in [0.717, 1.165) is 0 Å². The van der Waals surface area contributed by atoms with Gasteiger partial charge < -0.3 is 0 Å². The van der Waals surface area contributed by atoms with Crippen LogP contribution in [0.5, 0.6) is 0 Å². The molecule has 0 N–H and O–H groups in total. The van der Waals surface area contributed by atoms with E-state index in [-0.39, 0.29) is 0 Å². The molecule has 2 rings (SSSR count). The van der Waals surface area contributed by atoms with Gasteiger partial charge in [0.05, 0.1) is 0 Å². The summed E-state index contributed by atoms with van der Waals surface area (Å²) in [4.78, 5) is 0. The Bertz CT molecular complexity index is 247. The van der Waals surface area contributed by atoms with Crippen molar-refractivity contribution < 1.29 is 0 Å². The predicted octanol–water partition coefficient (Wildman–Crippen LogP) is 2.47. The largest absolute Gasteiger partial charge is 0.148 e. The molecule has 1 fully saturated rings. The van der Waals surface area contributed by atoms with Crippen LogP contribution in [0.3, 0.4) is 0 Å². The Balaban J connectivity index is 2.29. The van der Waals surface area contributed by atoms with Gasteiger partial charge in [-0.25, -0.2) is 0 Å². The van der Waals surface area contributed by atoms with E-state index in [9.17, 15) is 0 Å². The molecule has 12 heavy (non-hydrogen) atoms. The van der Waals surface area contributed by atoms with Gasteiger partial charge in [0.2, 0.25) is 0 Å². The average Bonchev–Trinajstić information content (AvgIpc) is 2.55. The van der Waals surface area contributed by atoms with Gasteiger partial charge in [-0.1, -0.05) is 30.3 Å². The molecule has 0 aliphatic heterocycles. The van der Waals surface area contributed by atoms with E-state index in [0.29, 0.717) is 4.75 Å².